The minimum Gasteiger partial charge on any atom is -0.493 e. The number of aryl methyl sites for hydroxylation is 1. The fourth-order valence-corrected chi connectivity index (χ4v) is 5.34. The van der Waals surface area contributed by atoms with Crippen LogP contribution in [0.3, 0.4) is 0 Å². The molecule has 1 saturated heterocycles. The van der Waals surface area contributed by atoms with Crippen LogP contribution in [0.2, 0.25) is 0 Å². The van der Waals surface area contributed by atoms with Crippen LogP contribution < -0.4 is 9.47 Å². The normalized spacial score (nSPS) is 16.8. The number of hydrogen-bond acceptors (Lipinski definition) is 5. The molecule has 6 nitrogen and oxygen atoms in total. The third-order valence-corrected chi connectivity index (χ3v) is 8.18. The minimum absolute atomic E-state index is 0.378. The van der Waals surface area contributed by atoms with Gasteiger partial charge in [-0.05, 0) is 60.2 Å². The second-order valence-corrected chi connectivity index (χ2v) is 10.1. The van der Waals surface area contributed by atoms with Crippen LogP contribution in [0.5, 0.6) is 11.5 Å². The highest BCUT2D eigenvalue weighted by Gasteiger charge is 2.28. The first kappa shape index (κ1) is 23.6. The number of ether oxygens (including phenoxy) is 2. The summed E-state index contributed by atoms with van der Waals surface area (Å²) in [6.07, 6.45) is 1.04. The van der Waals surface area contributed by atoms with Crippen molar-refractivity contribution < 1.29 is 17.9 Å². The monoisotopic (exact) mass is 446 g/mol. The molecule has 0 amide bonds. The molecule has 170 valence electrons. The van der Waals surface area contributed by atoms with Crippen LogP contribution in [0.25, 0.3) is 0 Å². The third kappa shape index (κ3) is 5.22. The van der Waals surface area contributed by atoms with E-state index in [1.807, 2.05) is 24.3 Å². The molecule has 1 fully saturated rings. The van der Waals surface area contributed by atoms with Gasteiger partial charge in [-0.2, -0.15) is 4.31 Å². The van der Waals surface area contributed by atoms with E-state index in [2.05, 4.69) is 25.7 Å². The van der Waals surface area contributed by atoms with Crippen molar-refractivity contribution in [3.63, 3.8) is 0 Å². The molecule has 2 aromatic rings. The second kappa shape index (κ2) is 10.0. The lowest BCUT2D eigenvalue weighted by Crippen LogP contribution is -2.48. The fraction of sp³-hybridized carbons (Fsp3) is 0.500. The van der Waals surface area contributed by atoms with Crippen molar-refractivity contribution in [1.29, 1.82) is 0 Å². The number of nitrogens with zero attached hydrogens (tertiary/aromatic N) is 2. The highest BCUT2D eigenvalue weighted by molar-refractivity contribution is 7.89. The molecule has 3 rings (SSSR count). The lowest BCUT2D eigenvalue weighted by atomic mass is 9.99. The van der Waals surface area contributed by atoms with Crippen LogP contribution in [-0.2, 0) is 16.6 Å². The highest BCUT2D eigenvalue weighted by atomic mass is 32.2. The summed E-state index contributed by atoms with van der Waals surface area (Å²) in [6.45, 7) is 9.46. The number of sulfonamides is 1. The third-order valence-electron chi connectivity index (χ3n) is 6.27. The number of methoxy groups -OCH3 is 2. The summed E-state index contributed by atoms with van der Waals surface area (Å²) in [4.78, 5) is 2.66. The molecular formula is C24H34N2O4S. The van der Waals surface area contributed by atoms with Crippen LogP contribution in [-0.4, -0.2) is 58.0 Å². The minimum atomic E-state index is -3.47. The Labute approximate surface area is 186 Å². The topological polar surface area (TPSA) is 59.1 Å². The van der Waals surface area contributed by atoms with E-state index in [0.29, 0.717) is 42.7 Å². The summed E-state index contributed by atoms with van der Waals surface area (Å²) in [6, 6.07) is 11.4. The van der Waals surface area contributed by atoms with E-state index >= 15 is 0 Å². The van der Waals surface area contributed by atoms with Gasteiger partial charge in [0.05, 0.1) is 19.1 Å². The van der Waals surface area contributed by atoms with Gasteiger partial charge in [-0.3, -0.25) is 4.90 Å². The largest absolute Gasteiger partial charge is 0.493 e. The Balaban J connectivity index is 1.65. The summed E-state index contributed by atoms with van der Waals surface area (Å²) < 4.78 is 38.6. The van der Waals surface area contributed by atoms with E-state index in [1.165, 1.54) is 5.56 Å². The van der Waals surface area contributed by atoms with Gasteiger partial charge in [0.25, 0.3) is 0 Å². The van der Waals surface area contributed by atoms with Crippen LogP contribution in [0.15, 0.2) is 41.3 Å². The molecule has 7 heteroatoms. The summed E-state index contributed by atoms with van der Waals surface area (Å²) in [5.41, 5.74) is 3.47. The van der Waals surface area contributed by atoms with Crippen LogP contribution in [0, 0.1) is 6.92 Å². The Bertz CT molecular complexity index is 981. The Kier molecular flexibility index (Phi) is 7.62. The molecule has 31 heavy (non-hydrogen) atoms. The molecule has 1 unspecified atom stereocenters. The molecule has 2 aromatic carbocycles. The zero-order valence-corrected chi connectivity index (χ0v) is 20.0. The van der Waals surface area contributed by atoms with E-state index in [0.717, 1.165) is 29.8 Å². The molecule has 0 N–H and O–H groups in total. The van der Waals surface area contributed by atoms with Gasteiger partial charge in [-0.25, -0.2) is 8.42 Å². The molecule has 1 atom stereocenters. The Morgan fingerprint density at radius 1 is 0.968 bits per heavy atom. The zero-order valence-electron chi connectivity index (χ0n) is 19.2. The Morgan fingerprint density at radius 2 is 1.55 bits per heavy atom. The van der Waals surface area contributed by atoms with Crippen LogP contribution in [0.1, 0.15) is 42.9 Å². The van der Waals surface area contributed by atoms with Gasteiger partial charge in [-0.15, -0.1) is 0 Å². The van der Waals surface area contributed by atoms with Crippen molar-refractivity contribution in [2.24, 2.45) is 0 Å². The molecule has 0 bridgehead atoms. The SMILES string of the molecule is CCC(C)c1ccc(S(=O)(=O)N2CCN(Cc3cc(OC)c(OC)cc3C)CC2)cc1. The molecule has 0 spiro atoms. The van der Waals surface area contributed by atoms with Gasteiger partial charge in [0.1, 0.15) is 0 Å². The molecular weight excluding hydrogens is 412 g/mol. The van der Waals surface area contributed by atoms with Crippen molar-refractivity contribution in [1.82, 2.24) is 9.21 Å². The van der Waals surface area contributed by atoms with Gasteiger partial charge in [0.2, 0.25) is 10.0 Å². The van der Waals surface area contributed by atoms with Crippen molar-refractivity contribution >= 4 is 10.0 Å². The fourth-order valence-electron chi connectivity index (χ4n) is 3.92. The molecule has 1 heterocycles. The smallest absolute Gasteiger partial charge is 0.243 e. The highest BCUT2D eigenvalue weighted by Crippen LogP contribution is 2.31. The summed E-state index contributed by atoms with van der Waals surface area (Å²) in [5, 5.41) is 0. The summed E-state index contributed by atoms with van der Waals surface area (Å²) in [5.74, 6) is 1.87. The maximum Gasteiger partial charge on any atom is 0.243 e. The number of benzene rings is 2. The van der Waals surface area contributed by atoms with Crippen LogP contribution in [0.4, 0.5) is 0 Å². The number of rotatable bonds is 8. The first-order chi connectivity index (χ1) is 14.8. The first-order valence-electron chi connectivity index (χ1n) is 10.8. The van der Waals surface area contributed by atoms with Gasteiger partial charge >= 0.3 is 0 Å². The van der Waals surface area contributed by atoms with E-state index in [-0.39, 0.29) is 0 Å². The average molecular weight is 447 g/mol. The predicted molar refractivity (Wildman–Crippen MR) is 123 cm³/mol. The summed E-state index contributed by atoms with van der Waals surface area (Å²) >= 11 is 0. The quantitative estimate of drug-likeness (QED) is 0.613. The maximum atomic E-state index is 13.1. The van der Waals surface area contributed by atoms with Crippen LogP contribution >= 0.6 is 0 Å². The van der Waals surface area contributed by atoms with E-state index < -0.39 is 10.0 Å². The Hall–Kier alpha value is -2.09. The maximum absolute atomic E-state index is 13.1. The molecule has 0 aliphatic carbocycles. The number of piperazine rings is 1. The lowest BCUT2D eigenvalue weighted by molar-refractivity contribution is 0.181. The average Bonchev–Trinajstić information content (AvgIpc) is 2.80. The second-order valence-electron chi connectivity index (χ2n) is 8.19. The van der Waals surface area contributed by atoms with Gasteiger partial charge < -0.3 is 9.47 Å². The summed E-state index contributed by atoms with van der Waals surface area (Å²) in [7, 11) is -0.197. The standard InChI is InChI=1S/C24H34N2O4S/c1-6-18(2)20-7-9-22(10-8-20)31(27,28)26-13-11-25(12-14-26)17-21-16-24(30-5)23(29-4)15-19(21)3/h7-10,15-16,18H,6,11-14,17H2,1-5H3. The Morgan fingerprint density at radius 3 is 2.10 bits per heavy atom. The van der Waals surface area contributed by atoms with Crippen molar-refractivity contribution in [2.75, 3.05) is 40.4 Å². The zero-order chi connectivity index (χ0) is 22.6. The van der Waals surface area contributed by atoms with Crippen molar-refractivity contribution in [2.45, 2.75) is 44.6 Å². The molecule has 0 aromatic heterocycles. The molecule has 0 radical (unpaired) electrons. The van der Waals surface area contributed by atoms with E-state index in [4.69, 9.17) is 9.47 Å². The van der Waals surface area contributed by atoms with Crippen molar-refractivity contribution in [3.05, 3.63) is 53.1 Å². The molecule has 1 aliphatic rings. The van der Waals surface area contributed by atoms with E-state index in [9.17, 15) is 8.42 Å². The van der Waals surface area contributed by atoms with Gasteiger partial charge in [0.15, 0.2) is 11.5 Å². The first-order valence-corrected chi connectivity index (χ1v) is 12.3. The molecule has 1 aliphatic heterocycles. The predicted octanol–water partition coefficient (Wildman–Crippen LogP) is 4.03. The lowest BCUT2D eigenvalue weighted by Gasteiger charge is -2.34. The van der Waals surface area contributed by atoms with E-state index in [1.54, 1.807) is 30.7 Å². The van der Waals surface area contributed by atoms with Crippen molar-refractivity contribution in [3.8, 4) is 11.5 Å². The van der Waals surface area contributed by atoms with Gasteiger partial charge in [-0.1, -0.05) is 26.0 Å². The molecule has 0 saturated carbocycles. The number of hydrogen-bond donors (Lipinski definition) is 0. The van der Waals surface area contributed by atoms with Gasteiger partial charge in [0, 0.05) is 32.7 Å².